The summed E-state index contributed by atoms with van der Waals surface area (Å²) in [4.78, 5) is 26.1. The molecule has 1 heterocycles. The maximum atomic E-state index is 14.4. The van der Waals surface area contributed by atoms with Crippen molar-refractivity contribution in [2.24, 2.45) is 0 Å². The van der Waals surface area contributed by atoms with Gasteiger partial charge in [0.25, 0.3) is 0 Å². The Morgan fingerprint density at radius 1 is 1.04 bits per heavy atom. The predicted molar refractivity (Wildman–Crippen MR) is 108 cm³/mol. The second-order valence-electron chi connectivity index (χ2n) is 8.15. The fourth-order valence-corrected chi connectivity index (χ4v) is 4.10. The smallest absolute Gasteiger partial charge is 0.179 e. The van der Waals surface area contributed by atoms with Crippen LogP contribution in [-0.4, -0.2) is 22.8 Å². The van der Waals surface area contributed by atoms with Crippen LogP contribution in [0.5, 0.6) is 0 Å². The van der Waals surface area contributed by atoms with Crippen molar-refractivity contribution < 1.29 is 18.7 Å². The molecule has 1 fully saturated rings. The highest BCUT2D eigenvalue weighted by molar-refractivity contribution is 6.31. The minimum Gasteiger partial charge on any atom is -0.354 e. The van der Waals surface area contributed by atoms with Crippen molar-refractivity contribution in [3.8, 4) is 11.1 Å². The van der Waals surface area contributed by atoms with Gasteiger partial charge in [-0.3, -0.25) is 9.59 Å². The fourth-order valence-electron chi connectivity index (χ4n) is 3.92. The number of carbonyl (C=O) groups is 2. The molecule has 0 bridgehead atoms. The quantitative estimate of drug-likeness (QED) is 0.635. The van der Waals surface area contributed by atoms with E-state index in [1.165, 1.54) is 6.07 Å². The van der Waals surface area contributed by atoms with E-state index in [4.69, 9.17) is 16.3 Å². The van der Waals surface area contributed by atoms with E-state index >= 15 is 0 Å². The Labute approximate surface area is 169 Å². The van der Waals surface area contributed by atoms with Gasteiger partial charge < -0.3 is 4.74 Å². The number of Topliss-reactive ketones (excluding diaryl/α,β-unsaturated/α-hetero) is 2. The van der Waals surface area contributed by atoms with Crippen molar-refractivity contribution in [3.63, 3.8) is 0 Å². The van der Waals surface area contributed by atoms with E-state index in [-0.39, 0.29) is 16.6 Å². The largest absolute Gasteiger partial charge is 0.354 e. The number of aryl methyl sites for hydroxylation is 1. The van der Waals surface area contributed by atoms with Gasteiger partial charge in [-0.1, -0.05) is 48.9 Å². The lowest BCUT2D eigenvalue weighted by atomic mass is 9.73. The summed E-state index contributed by atoms with van der Waals surface area (Å²) in [5.74, 6) is -1.90. The summed E-state index contributed by atoms with van der Waals surface area (Å²) in [6.07, 6.45) is 0.601. The van der Waals surface area contributed by atoms with Gasteiger partial charge in [0.2, 0.25) is 0 Å². The Bertz CT molecular complexity index is 936. The Hall–Kier alpha value is -2.04. The number of hydrogen-bond donors (Lipinski definition) is 0. The molecule has 28 heavy (non-hydrogen) atoms. The van der Waals surface area contributed by atoms with Crippen molar-refractivity contribution in [2.45, 2.75) is 58.2 Å². The van der Waals surface area contributed by atoms with E-state index < -0.39 is 22.9 Å². The number of ketones is 2. The average molecular weight is 403 g/mol. The average Bonchev–Trinajstić information content (AvgIpc) is 2.62. The van der Waals surface area contributed by atoms with Crippen LogP contribution in [0.25, 0.3) is 11.1 Å². The molecule has 0 spiro atoms. The Morgan fingerprint density at radius 2 is 1.64 bits per heavy atom. The monoisotopic (exact) mass is 402 g/mol. The number of halogens is 2. The van der Waals surface area contributed by atoms with Crippen molar-refractivity contribution in [1.82, 2.24) is 0 Å². The van der Waals surface area contributed by atoms with Crippen LogP contribution in [0.2, 0.25) is 5.02 Å². The lowest BCUT2D eigenvalue weighted by Gasteiger charge is -2.43. The predicted octanol–water partition coefficient (Wildman–Crippen LogP) is 5.52. The molecule has 5 heteroatoms. The summed E-state index contributed by atoms with van der Waals surface area (Å²) in [7, 11) is 0. The van der Waals surface area contributed by atoms with Gasteiger partial charge in [0.05, 0.1) is 5.02 Å². The first kappa shape index (κ1) is 20.7. The van der Waals surface area contributed by atoms with Gasteiger partial charge in [0.15, 0.2) is 11.6 Å². The summed E-state index contributed by atoms with van der Waals surface area (Å²) in [5.41, 5.74) is 0.408. The second-order valence-corrected chi connectivity index (χ2v) is 8.56. The number of rotatable bonds is 3. The standard InChI is InChI=1S/C23H24ClFO3/c1-6-13-12-14(16-8-7-9-17(24)19(16)25)10-11-15(13)18-20(26)22(2,3)28-23(4,5)21(18)27/h7-12,18H,6H2,1-5H3. The first-order valence-corrected chi connectivity index (χ1v) is 9.73. The molecule has 3 rings (SSSR count). The van der Waals surface area contributed by atoms with Crippen molar-refractivity contribution in [2.75, 3.05) is 0 Å². The topological polar surface area (TPSA) is 43.4 Å². The molecule has 1 aliphatic heterocycles. The van der Waals surface area contributed by atoms with Gasteiger partial charge in [-0.25, -0.2) is 4.39 Å². The summed E-state index contributed by atoms with van der Waals surface area (Å²) in [6.45, 7) is 8.72. The molecule has 0 unspecified atom stereocenters. The molecule has 0 aliphatic carbocycles. The summed E-state index contributed by atoms with van der Waals surface area (Å²) in [6, 6.07) is 10.2. The van der Waals surface area contributed by atoms with Crippen molar-refractivity contribution in [3.05, 3.63) is 58.4 Å². The van der Waals surface area contributed by atoms with E-state index in [0.717, 1.165) is 5.56 Å². The first-order valence-electron chi connectivity index (χ1n) is 9.35. The van der Waals surface area contributed by atoms with Gasteiger partial charge in [0.1, 0.15) is 22.9 Å². The molecule has 1 aliphatic rings. The molecular formula is C23H24ClFO3. The number of ether oxygens (including phenoxy) is 1. The SMILES string of the molecule is CCc1cc(-c2cccc(Cl)c2F)ccc1C1C(=O)C(C)(C)OC(C)(C)C1=O. The van der Waals surface area contributed by atoms with Gasteiger partial charge in [-0.2, -0.15) is 0 Å². The third-order valence-electron chi connectivity index (χ3n) is 5.32. The molecule has 2 aromatic rings. The molecular weight excluding hydrogens is 379 g/mol. The molecule has 0 N–H and O–H groups in total. The first-order chi connectivity index (χ1) is 13.0. The molecule has 148 valence electrons. The van der Waals surface area contributed by atoms with Gasteiger partial charge in [-0.15, -0.1) is 0 Å². The Kier molecular flexibility index (Phi) is 5.24. The Balaban J connectivity index is 2.13. The van der Waals surface area contributed by atoms with Crippen molar-refractivity contribution >= 4 is 23.2 Å². The van der Waals surface area contributed by atoms with E-state index in [1.807, 2.05) is 13.0 Å². The number of hydrogen-bond acceptors (Lipinski definition) is 3. The lowest BCUT2D eigenvalue weighted by molar-refractivity contribution is -0.184. The zero-order chi connectivity index (χ0) is 20.9. The summed E-state index contributed by atoms with van der Waals surface area (Å²) >= 11 is 5.91. The lowest BCUT2D eigenvalue weighted by Crippen LogP contribution is -2.58. The van der Waals surface area contributed by atoms with Gasteiger partial charge in [0, 0.05) is 5.56 Å². The maximum Gasteiger partial charge on any atom is 0.179 e. The minimum atomic E-state index is -1.06. The molecule has 0 aromatic heterocycles. The zero-order valence-corrected chi connectivity index (χ0v) is 17.5. The van der Waals surface area contributed by atoms with Crippen LogP contribution in [0.4, 0.5) is 4.39 Å². The van der Waals surface area contributed by atoms with Crippen LogP contribution >= 0.6 is 11.6 Å². The minimum absolute atomic E-state index is 0.0536. The second kappa shape index (κ2) is 7.09. The van der Waals surface area contributed by atoms with E-state index in [1.54, 1.807) is 52.0 Å². The van der Waals surface area contributed by atoms with Crippen LogP contribution in [0, 0.1) is 5.82 Å². The summed E-state index contributed by atoms with van der Waals surface area (Å²) < 4.78 is 20.2. The fraction of sp³-hybridized carbons (Fsp3) is 0.391. The van der Waals surface area contributed by atoms with E-state index in [9.17, 15) is 14.0 Å². The molecule has 0 atom stereocenters. The van der Waals surface area contributed by atoms with E-state index in [2.05, 4.69) is 0 Å². The number of carbonyl (C=O) groups excluding carboxylic acids is 2. The highest BCUT2D eigenvalue weighted by atomic mass is 35.5. The third-order valence-corrected chi connectivity index (χ3v) is 5.61. The highest BCUT2D eigenvalue weighted by Crippen LogP contribution is 2.40. The normalized spacial score (nSPS) is 19.1. The van der Waals surface area contributed by atoms with Crippen LogP contribution < -0.4 is 0 Å². The van der Waals surface area contributed by atoms with Crippen molar-refractivity contribution in [1.29, 1.82) is 0 Å². The van der Waals surface area contributed by atoms with Crippen LogP contribution in [0.15, 0.2) is 36.4 Å². The van der Waals surface area contributed by atoms with Crippen LogP contribution in [-0.2, 0) is 20.7 Å². The molecule has 3 nitrogen and oxygen atoms in total. The maximum absolute atomic E-state index is 14.4. The highest BCUT2D eigenvalue weighted by Gasteiger charge is 2.53. The van der Waals surface area contributed by atoms with Gasteiger partial charge >= 0.3 is 0 Å². The summed E-state index contributed by atoms with van der Waals surface area (Å²) in [5, 5.41) is 0.0536. The molecule has 0 saturated carbocycles. The molecule has 0 amide bonds. The number of benzene rings is 2. The Morgan fingerprint density at radius 3 is 2.21 bits per heavy atom. The van der Waals surface area contributed by atoms with E-state index in [0.29, 0.717) is 23.1 Å². The van der Waals surface area contributed by atoms with Crippen LogP contribution in [0.3, 0.4) is 0 Å². The molecule has 1 saturated heterocycles. The third kappa shape index (κ3) is 3.40. The zero-order valence-electron chi connectivity index (χ0n) is 16.7. The van der Waals surface area contributed by atoms with Crippen LogP contribution in [0.1, 0.15) is 51.7 Å². The van der Waals surface area contributed by atoms with Gasteiger partial charge in [-0.05, 0) is 56.9 Å². The molecule has 2 aromatic carbocycles. The molecule has 0 radical (unpaired) electrons.